The first kappa shape index (κ1) is 15.2. The number of nitrogens with zero attached hydrogens (tertiary/aromatic N) is 1. The first-order valence-electron chi connectivity index (χ1n) is 7.19. The third-order valence-corrected chi connectivity index (χ3v) is 3.88. The summed E-state index contributed by atoms with van der Waals surface area (Å²) in [5.41, 5.74) is 1.39. The molecule has 1 N–H and O–H groups in total. The Hall–Kier alpha value is -0.860. The zero-order valence-corrected chi connectivity index (χ0v) is 12.3. The van der Waals surface area contributed by atoms with E-state index in [4.69, 9.17) is 0 Å². The molecule has 0 saturated carbocycles. The van der Waals surface area contributed by atoms with Gasteiger partial charge in [-0.25, -0.2) is 0 Å². The van der Waals surface area contributed by atoms with Crippen molar-refractivity contribution >= 4 is 0 Å². The standard InChI is InChI=1S/C16H28N2/c1-5-14(3)18(6-2)13-12-16(17-4)15-10-8-7-9-11-15/h7-11,14,16-17H,5-6,12-13H2,1-4H3. The molecule has 1 rings (SSSR count). The monoisotopic (exact) mass is 248 g/mol. The van der Waals surface area contributed by atoms with Gasteiger partial charge in [-0.1, -0.05) is 44.2 Å². The predicted molar refractivity (Wildman–Crippen MR) is 79.9 cm³/mol. The van der Waals surface area contributed by atoms with Gasteiger partial charge in [-0.05, 0) is 38.9 Å². The summed E-state index contributed by atoms with van der Waals surface area (Å²) in [7, 11) is 2.05. The molecule has 0 aromatic heterocycles. The van der Waals surface area contributed by atoms with Crippen LogP contribution in [0.5, 0.6) is 0 Å². The van der Waals surface area contributed by atoms with Crippen LogP contribution in [0.15, 0.2) is 30.3 Å². The van der Waals surface area contributed by atoms with Gasteiger partial charge in [0.25, 0.3) is 0 Å². The molecule has 0 bridgehead atoms. The number of benzene rings is 1. The van der Waals surface area contributed by atoms with Crippen LogP contribution in [0.4, 0.5) is 0 Å². The first-order chi connectivity index (χ1) is 8.72. The molecular formula is C16H28N2. The van der Waals surface area contributed by atoms with Crippen LogP contribution in [0.2, 0.25) is 0 Å². The van der Waals surface area contributed by atoms with Gasteiger partial charge < -0.3 is 10.2 Å². The number of hydrogen-bond acceptors (Lipinski definition) is 2. The molecule has 0 heterocycles. The van der Waals surface area contributed by atoms with Gasteiger partial charge in [0.1, 0.15) is 0 Å². The van der Waals surface area contributed by atoms with Gasteiger partial charge in [0, 0.05) is 18.6 Å². The second kappa shape index (κ2) is 8.28. The lowest BCUT2D eigenvalue weighted by Crippen LogP contribution is -2.35. The molecule has 0 amide bonds. The number of rotatable bonds is 8. The van der Waals surface area contributed by atoms with Crippen LogP contribution in [0.3, 0.4) is 0 Å². The Morgan fingerprint density at radius 1 is 1.17 bits per heavy atom. The van der Waals surface area contributed by atoms with Gasteiger partial charge in [-0.2, -0.15) is 0 Å². The van der Waals surface area contributed by atoms with E-state index >= 15 is 0 Å². The fraction of sp³-hybridized carbons (Fsp3) is 0.625. The van der Waals surface area contributed by atoms with Gasteiger partial charge in [-0.15, -0.1) is 0 Å². The fourth-order valence-electron chi connectivity index (χ4n) is 2.41. The lowest BCUT2D eigenvalue weighted by molar-refractivity contribution is 0.204. The average molecular weight is 248 g/mol. The van der Waals surface area contributed by atoms with Crippen molar-refractivity contribution < 1.29 is 0 Å². The first-order valence-corrected chi connectivity index (χ1v) is 7.19. The molecular weight excluding hydrogens is 220 g/mol. The second-order valence-corrected chi connectivity index (χ2v) is 4.93. The van der Waals surface area contributed by atoms with Crippen molar-refractivity contribution in [2.24, 2.45) is 0 Å². The molecule has 0 aliphatic rings. The summed E-state index contributed by atoms with van der Waals surface area (Å²) >= 11 is 0. The molecule has 0 aliphatic heterocycles. The normalized spacial score (nSPS) is 14.7. The minimum atomic E-state index is 0.462. The highest BCUT2D eigenvalue weighted by Gasteiger charge is 2.13. The molecule has 2 heteroatoms. The molecule has 2 nitrogen and oxygen atoms in total. The summed E-state index contributed by atoms with van der Waals surface area (Å²) in [5, 5.41) is 3.43. The third kappa shape index (κ3) is 4.43. The maximum absolute atomic E-state index is 3.43. The maximum atomic E-state index is 3.43. The fourth-order valence-corrected chi connectivity index (χ4v) is 2.41. The lowest BCUT2D eigenvalue weighted by atomic mass is 10.0. The minimum absolute atomic E-state index is 0.462. The Bertz CT molecular complexity index is 310. The summed E-state index contributed by atoms with van der Waals surface area (Å²) in [4.78, 5) is 2.56. The van der Waals surface area contributed by atoms with Gasteiger partial charge in [0.2, 0.25) is 0 Å². The Kier molecular flexibility index (Phi) is 6.99. The van der Waals surface area contributed by atoms with Crippen LogP contribution in [0.1, 0.15) is 45.2 Å². The van der Waals surface area contributed by atoms with Crippen molar-refractivity contribution in [2.75, 3.05) is 20.1 Å². The average Bonchev–Trinajstić information content (AvgIpc) is 2.44. The zero-order chi connectivity index (χ0) is 13.4. The van der Waals surface area contributed by atoms with E-state index in [2.05, 4.69) is 68.4 Å². The molecule has 0 aliphatic carbocycles. The molecule has 0 fully saturated rings. The Morgan fingerprint density at radius 3 is 2.33 bits per heavy atom. The van der Waals surface area contributed by atoms with E-state index in [1.165, 1.54) is 18.4 Å². The van der Waals surface area contributed by atoms with E-state index in [1.807, 2.05) is 0 Å². The van der Waals surface area contributed by atoms with Crippen molar-refractivity contribution in [1.82, 2.24) is 10.2 Å². The van der Waals surface area contributed by atoms with Crippen LogP contribution in [-0.4, -0.2) is 31.1 Å². The number of nitrogens with one attached hydrogen (secondary N) is 1. The molecule has 0 saturated heterocycles. The third-order valence-electron chi connectivity index (χ3n) is 3.88. The van der Waals surface area contributed by atoms with Crippen molar-refractivity contribution in [3.05, 3.63) is 35.9 Å². The van der Waals surface area contributed by atoms with E-state index in [0.29, 0.717) is 12.1 Å². The van der Waals surface area contributed by atoms with E-state index in [0.717, 1.165) is 13.1 Å². The Balaban J connectivity index is 2.54. The quantitative estimate of drug-likeness (QED) is 0.758. The van der Waals surface area contributed by atoms with E-state index in [-0.39, 0.29) is 0 Å². The van der Waals surface area contributed by atoms with E-state index < -0.39 is 0 Å². The molecule has 0 spiro atoms. The minimum Gasteiger partial charge on any atom is -0.313 e. The summed E-state index contributed by atoms with van der Waals surface area (Å²) in [6.45, 7) is 9.13. The van der Waals surface area contributed by atoms with Gasteiger partial charge in [-0.3, -0.25) is 0 Å². The van der Waals surface area contributed by atoms with Crippen LogP contribution in [0.25, 0.3) is 0 Å². The van der Waals surface area contributed by atoms with Gasteiger partial charge in [0.05, 0.1) is 0 Å². The topological polar surface area (TPSA) is 15.3 Å². The van der Waals surface area contributed by atoms with Crippen molar-refractivity contribution in [3.8, 4) is 0 Å². The summed E-state index contributed by atoms with van der Waals surface area (Å²) < 4.78 is 0. The Labute approximate surface area is 112 Å². The van der Waals surface area contributed by atoms with Crippen LogP contribution in [0, 0.1) is 0 Å². The van der Waals surface area contributed by atoms with Crippen LogP contribution < -0.4 is 5.32 Å². The van der Waals surface area contributed by atoms with Crippen LogP contribution in [-0.2, 0) is 0 Å². The van der Waals surface area contributed by atoms with Crippen molar-refractivity contribution in [3.63, 3.8) is 0 Å². The molecule has 1 aromatic rings. The van der Waals surface area contributed by atoms with Gasteiger partial charge >= 0.3 is 0 Å². The summed E-state index contributed by atoms with van der Waals surface area (Å²) in [6.07, 6.45) is 2.39. The van der Waals surface area contributed by atoms with E-state index in [9.17, 15) is 0 Å². The maximum Gasteiger partial charge on any atom is 0.0329 e. The predicted octanol–water partition coefficient (Wildman–Crippen LogP) is 3.46. The largest absolute Gasteiger partial charge is 0.313 e. The highest BCUT2D eigenvalue weighted by Crippen LogP contribution is 2.17. The highest BCUT2D eigenvalue weighted by molar-refractivity contribution is 5.18. The smallest absolute Gasteiger partial charge is 0.0329 e. The number of hydrogen-bond donors (Lipinski definition) is 1. The van der Waals surface area contributed by atoms with Crippen molar-refractivity contribution in [1.29, 1.82) is 0 Å². The summed E-state index contributed by atoms with van der Waals surface area (Å²) in [6, 6.07) is 11.9. The molecule has 0 radical (unpaired) electrons. The summed E-state index contributed by atoms with van der Waals surface area (Å²) in [5.74, 6) is 0. The lowest BCUT2D eigenvalue weighted by Gasteiger charge is -2.29. The van der Waals surface area contributed by atoms with Gasteiger partial charge in [0.15, 0.2) is 0 Å². The second-order valence-electron chi connectivity index (χ2n) is 4.93. The molecule has 1 aromatic carbocycles. The molecule has 18 heavy (non-hydrogen) atoms. The highest BCUT2D eigenvalue weighted by atomic mass is 15.1. The van der Waals surface area contributed by atoms with E-state index in [1.54, 1.807) is 0 Å². The van der Waals surface area contributed by atoms with Crippen molar-refractivity contribution in [2.45, 2.75) is 45.7 Å². The van der Waals surface area contributed by atoms with Crippen LogP contribution >= 0.6 is 0 Å². The molecule has 2 atom stereocenters. The molecule has 2 unspecified atom stereocenters. The zero-order valence-electron chi connectivity index (χ0n) is 12.3. The SMILES string of the molecule is CCC(C)N(CC)CCC(NC)c1ccccc1. The molecule has 102 valence electrons. The Morgan fingerprint density at radius 2 is 1.83 bits per heavy atom.